The molecule has 2 aromatic carbocycles. The Morgan fingerprint density at radius 2 is 1.70 bits per heavy atom. The topological polar surface area (TPSA) is 52.6 Å². The van der Waals surface area contributed by atoms with Crippen LogP contribution in [0, 0.1) is 0 Å². The molecule has 0 N–H and O–H groups in total. The maximum absolute atomic E-state index is 12.0. The van der Waals surface area contributed by atoms with Gasteiger partial charge in [0.1, 0.15) is 5.75 Å². The predicted molar refractivity (Wildman–Crippen MR) is 88.4 cm³/mol. The molecule has 23 heavy (non-hydrogen) atoms. The van der Waals surface area contributed by atoms with Gasteiger partial charge in [-0.25, -0.2) is 4.79 Å². The molecule has 0 saturated carbocycles. The number of esters is 1. The maximum Gasteiger partial charge on any atom is 0.344 e. The third-order valence-corrected chi connectivity index (χ3v) is 3.03. The van der Waals surface area contributed by atoms with Gasteiger partial charge in [-0.15, -0.1) is 0 Å². The second-order valence-corrected chi connectivity index (χ2v) is 4.73. The molecule has 2 rings (SSSR count). The Hall–Kier alpha value is -2.88. The second-order valence-electron chi connectivity index (χ2n) is 4.73. The fraction of sp³-hybridized carbons (Fsp3) is 0.158. The summed E-state index contributed by atoms with van der Waals surface area (Å²) >= 11 is 0. The summed E-state index contributed by atoms with van der Waals surface area (Å²) in [6.45, 7) is 1.96. The van der Waals surface area contributed by atoms with E-state index in [4.69, 9.17) is 9.47 Å². The molecular weight excluding hydrogens is 292 g/mol. The molecule has 0 unspecified atom stereocenters. The van der Waals surface area contributed by atoms with E-state index in [1.54, 1.807) is 37.3 Å². The number of hydrogen-bond acceptors (Lipinski definition) is 4. The van der Waals surface area contributed by atoms with Crippen molar-refractivity contribution in [1.82, 2.24) is 0 Å². The molecular formula is C19H18O4. The Kier molecular flexibility index (Phi) is 6.12. The SMILES string of the molecule is CCOC(=O)COc1ccc(C=CC(=O)c2ccccc2)cc1. The lowest BCUT2D eigenvalue weighted by Crippen LogP contribution is -2.14. The van der Waals surface area contributed by atoms with Crippen LogP contribution >= 0.6 is 0 Å². The van der Waals surface area contributed by atoms with Crippen molar-refractivity contribution in [3.05, 3.63) is 71.8 Å². The van der Waals surface area contributed by atoms with Gasteiger partial charge in [-0.3, -0.25) is 4.79 Å². The number of benzene rings is 2. The fourth-order valence-electron chi connectivity index (χ4n) is 1.89. The molecule has 0 aromatic heterocycles. The molecule has 0 atom stereocenters. The van der Waals surface area contributed by atoms with Crippen molar-refractivity contribution in [2.45, 2.75) is 6.92 Å². The monoisotopic (exact) mass is 310 g/mol. The fourth-order valence-corrected chi connectivity index (χ4v) is 1.89. The molecule has 0 aliphatic rings. The average Bonchev–Trinajstić information content (AvgIpc) is 2.60. The van der Waals surface area contributed by atoms with Gasteiger partial charge in [0.25, 0.3) is 0 Å². The highest BCUT2D eigenvalue weighted by atomic mass is 16.6. The zero-order valence-electron chi connectivity index (χ0n) is 12.9. The first-order chi connectivity index (χ1) is 11.2. The molecule has 0 bridgehead atoms. The summed E-state index contributed by atoms with van der Waals surface area (Å²) in [5, 5.41) is 0. The lowest BCUT2D eigenvalue weighted by Gasteiger charge is -2.05. The minimum atomic E-state index is -0.398. The molecule has 0 aliphatic carbocycles. The van der Waals surface area contributed by atoms with E-state index < -0.39 is 5.97 Å². The van der Waals surface area contributed by atoms with Crippen molar-refractivity contribution in [3.8, 4) is 5.75 Å². The first-order valence-electron chi connectivity index (χ1n) is 7.35. The Morgan fingerprint density at radius 3 is 2.35 bits per heavy atom. The van der Waals surface area contributed by atoms with Crippen LogP contribution in [0.1, 0.15) is 22.8 Å². The highest BCUT2D eigenvalue weighted by molar-refractivity contribution is 6.06. The van der Waals surface area contributed by atoms with Gasteiger partial charge in [0.05, 0.1) is 6.61 Å². The third kappa shape index (κ3) is 5.43. The number of allylic oxidation sites excluding steroid dienone is 1. The van der Waals surface area contributed by atoms with Gasteiger partial charge in [-0.1, -0.05) is 48.5 Å². The number of rotatable bonds is 7. The number of hydrogen-bond donors (Lipinski definition) is 0. The molecule has 2 aromatic rings. The molecule has 4 nitrogen and oxygen atoms in total. The van der Waals surface area contributed by atoms with E-state index in [1.165, 1.54) is 6.08 Å². The summed E-state index contributed by atoms with van der Waals surface area (Å²) in [6.07, 6.45) is 3.27. The van der Waals surface area contributed by atoms with Crippen LogP contribution < -0.4 is 4.74 Å². The highest BCUT2D eigenvalue weighted by Gasteiger charge is 2.03. The van der Waals surface area contributed by atoms with Gasteiger partial charge in [0.15, 0.2) is 12.4 Å². The first kappa shape index (κ1) is 16.5. The van der Waals surface area contributed by atoms with Crippen molar-refractivity contribution in [2.75, 3.05) is 13.2 Å². The standard InChI is InChI=1S/C19H18O4/c1-2-22-19(21)14-23-17-11-8-15(9-12-17)10-13-18(20)16-6-4-3-5-7-16/h3-13H,2,14H2,1H3. The minimum Gasteiger partial charge on any atom is -0.482 e. The molecule has 0 fully saturated rings. The van der Waals surface area contributed by atoms with Crippen molar-refractivity contribution in [1.29, 1.82) is 0 Å². The summed E-state index contributed by atoms with van der Waals surface area (Å²) in [5.74, 6) is 0.128. The Labute approximate surface area is 135 Å². The van der Waals surface area contributed by atoms with Crippen LogP contribution in [-0.4, -0.2) is 25.0 Å². The van der Waals surface area contributed by atoms with E-state index in [2.05, 4.69) is 0 Å². The molecule has 0 amide bonds. The van der Waals surface area contributed by atoms with Crippen LogP contribution in [0.3, 0.4) is 0 Å². The number of ether oxygens (including phenoxy) is 2. The Bertz CT molecular complexity index is 672. The predicted octanol–water partition coefficient (Wildman–Crippen LogP) is 3.52. The van der Waals surface area contributed by atoms with Crippen LogP contribution in [0.2, 0.25) is 0 Å². The van der Waals surface area contributed by atoms with E-state index in [0.29, 0.717) is 17.9 Å². The van der Waals surface area contributed by atoms with E-state index in [0.717, 1.165) is 5.56 Å². The van der Waals surface area contributed by atoms with Crippen LogP contribution in [-0.2, 0) is 9.53 Å². The van der Waals surface area contributed by atoms with Crippen LogP contribution in [0.15, 0.2) is 60.7 Å². The third-order valence-electron chi connectivity index (χ3n) is 3.03. The van der Waals surface area contributed by atoms with Gasteiger partial charge in [0.2, 0.25) is 0 Å². The summed E-state index contributed by atoms with van der Waals surface area (Å²) in [7, 11) is 0. The van der Waals surface area contributed by atoms with Crippen molar-refractivity contribution in [3.63, 3.8) is 0 Å². The lowest BCUT2D eigenvalue weighted by molar-refractivity contribution is -0.145. The highest BCUT2D eigenvalue weighted by Crippen LogP contribution is 2.13. The largest absolute Gasteiger partial charge is 0.482 e. The van der Waals surface area contributed by atoms with Gasteiger partial charge in [-0.05, 0) is 30.7 Å². The average molecular weight is 310 g/mol. The van der Waals surface area contributed by atoms with Crippen molar-refractivity contribution < 1.29 is 19.1 Å². The zero-order chi connectivity index (χ0) is 16.5. The Balaban J connectivity index is 1.91. The first-order valence-corrected chi connectivity index (χ1v) is 7.35. The molecule has 0 saturated heterocycles. The number of carbonyl (C=O) groups excluding carboxylic acids is 2. The van der Waals surface area contributed by atoms with Crippen LogP contribution in [0.4, 0.5) is 0 Å². The summed E-state index contributed by atoms with van der Waals surface area (Å²) < 4.78 is 10.1. The number of carbonyl (C=O) groups is 2. The normalized spacial score (nSPS) is 10.5. The number of ketones is 1. The molecule has 118 valence electrons. The molecule has 0 radical (unpaired) electrons. The molecule has 4 heteroatoms. The van der Waals surface area contributed by atoms with Crippen LogP contribution in [0.5, 0.6) is 5.75 Å². The second kappa shape index (κ2) is 8.54. The van der Waals surface area contributed by atoms with E-state index in [-0.39, 0.29) is 12.4 Å². The molecule has 0 aliphatic heterocycles. The zero-order valence-corrected chi connectivity index (χ0v) is 12.9. The van der Waals surface area contributed by atoms with E-state index in [9.17, 15) is 9.59 Å². The minimum absolute atomic E-state index is 0.0479. The van der Waals surface area contributed by atoms with Crippen molar-refractivity contribution in [2.24, 2.45) is 0 Å². The summed E-state index contributed by atoms with van der Waals surface area (Å²) in [6, 6.07) is 16.2. The Morgan fingerprint density at radius 1 is 1.00 bits per heavy atom. The van der Waals surface area contributed by atoms with Gasteiger partial charge in [-0.2, -0.15) is 0 Å². The smallest absolute Gasteiger partial charge is 0.344 e. The van der Waals surface area contributed by atoms with E-state index in [1.807, 2.05) is 30.3 Å². The molecule has 0 spiro atoms. The van der Waals surface area contributed by atoms with Gasteiger partial charge >= 0.3 is 5.97 Å². The van der Waals surface area contributed by atoms with E-state index >= 15 is 0 Å². The van der Waals surface area contributed by atoms with Crippen LogP contribution in [0.25, 0.3) is 6.08 Å². The molecule has 0 heterocycles. The van der Waals surface area contributed by atoms with Gasteiger partial charge in [0, 0.05) is 5.56 Å². The maximum atomic E-state index is 12.0. The van der Waals surface area contributed by atoms with Gasteiger partial charge < -0.3 is 9.47 Å². The van der Waals surface area contributed by atoms with Crippen molar-refractivity contribution >= 4 is 17.8 Å². The summed E-state index contributed by atoms with van der Waals surface area (Å²) in [5.41, 5.74) is 1.52. The summed E-state index contributed by atoms with van der Waals surface area (Å²) in [4.78, 5) is 23.2. The lowest BCUT2D eigenvalue weighted by atomic mass is 10.1. The quantitative estimate of drug-likeness (QED) is 0.446.